The number of para-hydroxylation sites is 1. The number of rotatable bonds is 40. The van der Waals surface area contributed by atoms with Crippen LogP contribution in [-0.2, 0) is 115 Å². The van der Waals surface area contributed by atoms with Gasteiger partial charge >= 0.3 is 5.97 Å². The van der Waals surface area contributed by atoms with E-state index in [1.807, 2.05) is 12.2 Å². The lowest BCUT2D eigenvalue weighted by Gasteiger charge is -2.34. The number of carbonyl (C=O) groups is 20. The Hall–Kier alpha value is -13.0. The summed E-state index contributed by atoms with van der Waals surface area (Å²) in [7, 11) is 0. The van der Waals surface area contributed by atoms with Crippen LogP contribution in [0.15, 0.2) is 97.2 Å². The molecular formula is C98H146N18O23. The van der Waals surface area contributed by atoms with Crippen LogP contribution >= 0.6 is 0 Å². The molecule has 766 valence electrons. The Morgan fingerprint density at radius 3 is 1.71 bits per heavy atom. The van der Waals surface area contributed by atoms with E-state index in [1.54, 1.807) is 88.5 Å². The van der Waals surface area contributed by atoms with Gasteiger partial charge < -0.3 is 101 Å². The van der Waals surface area contributed by atoms with E-state index >= 15 is 28.8 Å². The smallest absolute Gasteiger partial charge is 0.303 e. The van der Waals surface area contributed by atoms with Crippen LogP contribution in [0, 0.1) is 23.7 Å². The van der Waals surface area contributed by atoms with Crippen LogP contribution in [-0.4, -0.2) is 240 Å². The molecule has 14 amide bonds. The van der Waals surface area contributed by atoms with Gasteiger partial charge in [0, 0.05) is 75.0 Å². The number of phenols is 1. The SMILES string of the molecule is C.CC(=O)N[C@@H](CC(C)C)C(=O)N[C@H](C(=O)N[C@@H](Cc1ccccc1)C(=O)N[C@]1(C)CCCCCC/C=C/CCC[C@@](C)(C(=O)N[C@@H](C)C(=O)NC(C)C(=O)N[C@@H](C)C(=O)C(=O)[C@H](C)NN[C@H](C)C(=O)C[C@H](C)C(N)=O)NC(=O)[C@H](CC(C)C)CN[C@@H](CCC(N)=O)C(=O)C(=O)[C@H](C)NC(=O)[C@H](Cc2c[nH]c3ccccc23)NC(=O)C(Cc2ccc(O)cc2)NC(=O)[C@H](CCC(=O)O)NC1=O)[C@@H](C)O. The lowest BCUT2D eigenvalue weighted by molar-refractivity contribution is -0.140. The summed E-state index contributed by atoms with van der Waals surface area (Å²) in [5.41, 5.74) is 14.0. The van der Waals surface area contributed by atoms with Crippen LogP contribution in [0.1, 0.15) is 231 Å². The van der Waals surface area contributed by atoms with Crippen molar-refractivity contribution in [2.24, 2.45) is 35.1 Å². The number of fused-ring (bicyclic) bond motifs is 1. The zero-order chi connectivity index (χ0) is 103. The number of phenolic OH excluding ortho intramolecular Hbond substituents is 1. The molecule has 2 unspecified atom stereocenters. The normalized spacial score (nSPS) is 21.9. The van der Waals surface area contributed by atoms with E-state index < -0.39 is 257 Å². The number of H-pyrrole nitrogens is 1. The minimum Gasteiger partial charge on any atom is -0.508 e. The third-order valence-corrected chi connectivity index (χ3v) is 23.8. The average Bonchev–Trinajstić information content (AvgIpc) is 1.43. The van der Waals surface area contributed by atoms with Gasteiger partial charge in [0.15, 0.2) is 5.78 Å². The third kappa shape index (κ3) is 39.4. The van der Waals surface area contributed by atoms with Crippen molar-refractivity contribution in [2.45, 2.75) is 329 Å². The topological polar surface area (TPSA) is 650 Å². The van der Waals surface area contributed by atoms with Crippen molar-refractivity contribution >= 4 is 128 Å². The van der Waals surface area contributed by atoms with E-state index in [1.165, 1.54) is 100 Å². The van der Waals surface area contributed by atoms with Gasteiger partial charge in [0.1, 0.15) is 65.2 Å². The Balaban J connectivity index is 0.0000403. The number of hydrazine groups is 1. The quantitative estimate of drug-likeness (QED) is 0.0171. The van der Waals surface area contributed by atoms with Crippen molar-refractivity contribution < 1.29 is 111 Å². The molecule has 1 aliphatic rings. The number of carboxylic acid groups (broad SMARTS) is 1. The predicted molar refractivity (Wildman–Crippen MR) is 517 cm³/mol. The number of benzene rings is 3. The summed E-state index contributed by atoms with van der Waals surface area (Å²) in [6.07, 6.45) is 2.68. The Morgan fingerprint density at radius 1 is 0.532 bits per heavy atom. The second kappa shape index (κ2) is 57.4. The zero-order valence-corrected chi connectivity index (χ0v) is 81.4. The van der Waals surface area contributed by atoms with Gasteiger partial charge in [-0.1, -0.05) is 134 Å². The number of amides is 14. The van der Waals surface area contributed by atoms with Gasteiger partial charge in [-0.05, 0) is 173 Å². The highest BCUT2D eigenvalue weighted by Gasteiger charge is 2.44. The Labute approximate surface area is 811 Å². The minimum absolute atomic E-state index is 0. The number of allylic oxidation sites excluding steroid dienone is 2. The Morgan fingerprint density at radius 2 is 1.10 bits per heavy atom. The molecular weight excluding hydrogens is 1800 g/mol. The molecule has 0 spiro atoms. The summed E-state index contributed by atoms with van der Waals surface area (Å²) in [6.45, 7) is 21.3. The number of aliphatic hydroxyl groups excluding tert-OH is 1. The lowest BCUT2D eigenvalue weighted by atomic mass is 9.89. The fourth-order valence-corrected chi connectivity index (χ4v) is 15.4. The van der Waals surface area contributed by atoms with E-state index in [0.717, 1.165) is 0 Å². The summed E-state index contributed by atoms with van der Waals surface area (Å²) >= 11 is 0. The van der Waals surface area contributed by atoms with Crippen LogP contribution in [0.25, 0.3) is 10.9 Å². The standard InChI is InChI=1S/C97H142N18O23.CH4/c1-52(2)44-66-51-101-70(38-40-77(98)120)83(126)81(124)57(8)103-89(132)75(49-65-50-100-69-33-27-26-32-68(65)69)108-90(133)73(48-64-34-36-67(118)37-35-64)107-88(131)71(39-41-78(121)122)110-95(138)97(15,113-92(135)74(47-63-30-24-23-25-31-63)109-93(136)79(61(12)116)111-91(134)72(45-53(3)4)106-62(13)117)43-29-22-20-18-16-17-19-21-28-42-96(14,112-87(66)130)94(137)105-60(11)86(129)104-59(10)85(128)102-56(7)80(123)82(125)58(9)115-114-55(6)76(119)46-54(5)84(99)127;/h17,19,23-27,30-37,50,52-61,66,70-75,79,100-101,114-116,118H,16,18,20-22,28-29,38-49,51H2,1-15H3,(H2,98,120)(H2,99,127)(H,102,128)(H,103,132)(H,104,129)(H,105,137)(H,106,117)(H,107,131)(H,108,133)(H,109,136)(H,110,138)(H,111,134)(H,112,130)(H,113,135)(H,121,122);1H4/b19-17+;/t54-,55+,56-,57-,58-,59?,60-,61+,66+,70-,71-,72-,73?,74-,75-,79-,96-,97+;/m0./s1. The predicted octanol–water partition coefficient (Wildman–Crippen LogP) is 1.72. The van der Waals surface area contributed by atoms with Gasteiger partial charge in [0.05, 0.1) is 42.2 Å². The summed E-state index contributed by atoms with van der Waals surface area (Å²) in [4.78, 5) is 283. The number of aliphatic carboxylic acids is 1. The molecule has 0 radical (unpaired) electrons. The highest BCUT2D eigenvalue weighted by Crippen LogP contribution is 2.25. The molecule has 139 heavy (non-hydrogen) atoms. The molecule has 41 heteroatoms. The fraction of sp³-hybridized carbons (Fsp3) is 0.571. The first-order chi connectivity index (χ1) is 64.8. The number of aromatic amines is 1. The molecule has 0 saturated heterocycles. The molecule has 0 saturated carbocycles. The second-order valence-corrected chi connectivity index (χ2v) is 37.2. The van der Waals surface area contributed by atoms with Crippen LogP contribution in [0.3, 0.4) is 0 Å². The largest absolute Gasteiger partial charge is 0.508 e. The highest BCUT2D eigenvalue weighted by atomic mass is 16.4. The summed E-state index contributed by atoms with van der Waals surface area (Å²) in [6, 6.07) is 1.24. The molecule has 0 fully saturated rings. The number of aromatic nitrogens is 1. The monoisotopic (exact) mass is 1940 g/mol. The second-order valence-electron chi connectivity index (χ2n) is 37.2. The Kier molecular flexibility index (Phi) is 48.8. The van der Waals surface area contributed by atoms with Crippen molar-refractivity contribution in [1.82, 2.24) is 85.0 Å². The molecule has 5 rings (SSSR count). The first-order valence-corrected chi connectivity index (χ1v) is 46.9. The number of carboxylic acids is 1. The number of carbonyl (C=O) groups excluding carboxylic acids is 19. The summed E-state index contributed by atoms with van der Waals surface area (Å²) in [5.74, 6) is -21.5. The molecule has 1 aliphatic heterocycles. The molecule has 41 nitrogen and oxygen atoms in total. The van der Waals surface area contributed by atoms with E-state index in [-0.39, 0.29) is 89.3 Å². The number of Topliss-reactive ketones (excluding diaryl/α,β-unsaturated/α-hetero) is 5. The number of hydrogen-bond acceptors (Lipinski definition) is 25. The van der Waals surface area contributed by atoms with Crippen molar-refractivity contribution in [2.75, 3.05) is 6.54 Å². The number of hydrogen-bond donors (Lipinski definition) is 21. The van der Waals surface area contributed by atoms with Gasteiger partial charge in [0.2, 0.25) is 106 Å². The van der Waals surface area contributed by atoms with Crippen molar-refractivity contribution in [1.29, 1.82) is 0 Å². The summed E-state index contributed by atoms with van der Waals surface area (Å²) < 4.78 is 0. The molecule has 0 bridgehead atoms. The maximum absolute atomic E-state index is 15.6. The zero-order valence-electron chi connectivity index (χ0n) is 81.4. The first-order valence-electron chi connectivity index (χ1n) is 46.9. The molecule has 23 N–H and O–H groups in total. The van der Waals surface area contributed by atoms with Crippen LogP contribution in [0.5, 0.6) is 5.75 Å². The third-order valence-electron chi connectivity index (χ3n) is 23.8. The van der Waals surface area contributed by atoms with Crippen LogP contribution < -0.4 is 91.4 Å². The van der Waals surface area contributed by atoms with Crippen LogP contribution in [0.2, 0.25) is 0 Å². The number of primary amides is 2. The van der Waals surface area contributed by atoms with Crippen molar-refractivity contribution in [3.05, 3.63) is 114 Å². The van der Waals surface area contributed by atoms with Gasteiger partial charge in [-0.15, -0.1) is 0 Å². The molecule has 0 aliphatic carbocycles. The van der Waals surface area contributed by atoms with Gasteiger partial charge in [0.25, 0.3) is 0 Å². The Bertz CT molecular complexity index is 4970. The minimum atomic E-state index is -2.08. The molecule has 3 aromatic carbocycles. The maximum atomic E-state index is 15.6. The van der Waals surface area contributed by atoms with E-state index in [0.29, 0.717) is 59.7 Å². The van der Waals surface area contributed by atoms with Crippen molar-refractivity contribution in [3.63, 3.8) is 0 Å². The lowest BCUT2D eigenvalue weighted by Crippen LogP contribution is -2.65. The molecule has 1 aromatic heterocycles. The molecule has 2 heterocycles. The number of nitrogens with one attached hydrogen (secondary N) is 16. The fourth-order valence-electron chi connectivity index (χ4n) is 15.4. The van der Waals surface area contributed by atoms with E-state index in [4.69, 9.17) is 11.5 Å². The van der Waals surface area contributed by atoms with E-state index in [2.05, 4.69) is 85.0 Å². The molecule has 4 aromatic rings. The van der Waals surface area contributed by atoms with Crippen LogP contribution in [0.4, 0.5) is 0 Å². The maximum Gasteiger partial charge on any atom is 0.303 e. The highest BCUT2D eigenvalue weighted by molar-refractivity contribution is 6.41. The van der Waals surface area contributed by atoms with Gasteiger partial charge in [-0.3, -0.25) is 95.9 Å². The average molecular weight is 1940 g/mol. The number of nitrogens with two attached hydrogens (primary N) is 2. The first kappa shape index (κ1) is 118. The van der Waals surface area contributed by atoms with Gasteiger partial charge in [-0.25, -0.2) is 10.9 Å². The van der Waals surface area contributed by atoms with Crippen molar-refractivity contribution in [3.8, 4) is 5.75 Å². The number of aromatic hydroxyl groups is 1. The number of ketones is 5. The summed E-state index contributed by atoms with van der Waals surface area (Å²) in [5, 5.41) is 66.7. The van der Waals surface area contributed by atoms with Gasteiger partial charge in [-0.2, -0.15) is 0 Å². The van der Waals surface area contributed by atoms with E-state index in [9.17, 15) is 82.4 Å². The molecule has 18 atom stereocenters. The number of aliphatic hydroxyl groups is 1.